The Morgan fingerprint density at radius 1 is 1.23 bits per heavy atom. The Morgan fingerprint density at radius 3 is 2.36 bits per heavy atom. The number of ether oxygens (including phenoxy) is 2. The molecule has 3 atom stereocenters. The third-order valence-electron chi connectivity index (χ3n) is 4.70. The highest BCUT2D eigenvalue weighted by atomic mass is 35.5. The van der Waals surface area contributed by atoms with Crippen molar-refractivity contribution in [3.05, 3.63) is 34.9 Å². The summed E-state index contributed by atoms with van der Waals surface area (Å²) < 4.78 is 10.8. The molecular weight excluding hydrogens is 304 g/mol. The summed E-state index contributed by atoms with van der Waals surface area (Å²) in [5.74, 6) is -2.16. The number of fused-ring (bicyclic) bond motifs is 1. The Morgan fingerprint density at radius 2 is 1.86 bits per heavy atom. The molecule has 1 aliphatic heterocycles. The van der Waals surface area contributed by atoms with Crippen molar-refractivity contribution < 1.29 is 9.47 Å². The molecule has 7 heteroatoms. The number of halogens is 1. The lowest BCUT2D eigenvalue weighted by atomic mass is 9.93. The van der Waals surface area contributed by atoms with Crippen molar-refractivity contribution in [2.75, 3.05) is 14.2 Å². The smallest absolute Gasteiger partial charge is 0.292 e. The van der Waals surface area contributed by atoms with E-state index in [-0.39, 0.29) is 5.84 Å². The van der Waals surface area contributed by atoms with Crippen LogP contribution in [0.5, 0.6) is 0 Å². The zero-order chi connectivity index (χ0) is 16.2. The van der Waals surface area contributed by atoms with Crippen molar-refractivity contribution in [2.24, 2.45) is 21.6 Å². The summed E-state index contributed by atoms with van der Waals surface area (Å²) in [6.45, 7) is 0. The molecule has 0 amide bonds. The highest BCUT2D eigenvalue weighted by Crippen LogP contribution is 2.82. The van der Waals surface area contributed by atoms with Gasteiger partial charge >= 0.3 is 0 Å². The maximum atomic E-state index is 9.87. The van der Waals surface area contributed by atoms with Gasteiger partial charge < -0.3 is 15.2 Å². The average molecular weight is 317 g/mol. The molecule has 1 heterocycles. The first-order valence-electron chi connectivity index (χ1n) is 6.54. The van der Waals surface area contributed by atoms with E-state index in [1.807, 2.05) is 0 Å². The second kappa shape index (κ2) is 4.44. The van der Waals surface area contributed by atoms with Gasteiger partial charge in [-0.1, -0.05) is 29.8 Å². The highest BCUT2D eigenvalue weighted by Gasteiger charge is 2.93. The van der Waals surface area contributed by atoms with Crippen LogP contribution in [-0.4, -0.2) is 26.0 Å². The lowest BCUT2D eigenvalue weighted by molar-refractivity contribution is -0.230. The number of rotatable bonds is 3. The summed E-state index contributed by atoms with van der Waals surface area (Å²) in [7, 11) is 2.74. The number of nitriles is 2. The third-order valence-corrected chi connectivity index (χ3v) is 5.04. The Bertz CT molecular complexity index is 762. The minimum Gasteiger partial charge on any atom is -0.386 e. The van der Waals surface area contributed by atoms with Gasteiger partial charge in [0.2, 0.25) is 0 Å². The standard InChI is InChI=1S/C15H13ClN4O2/c1-21-15(22-2)14(8-18)11(9-5-3-4-6-10(9)16)13(14,7-17)12(19)20-15/h3-6,11H,1-2H3,(H2,19,20)/t11-,13-,14-/m1/s1. The quantitative estimate of drug-likeness (QED) is 0.856. The Labute approximate surface area is 132 Å². The number of hydrogen-bond acceptors (Lipinski definition) is 6. The maximum Gasteiger partial charge on any atom is 0.292 e. The Balaban J connectivity index is 2.29. The van der Waals surface area contributed by atoms with E-state index in [0.717, 1.165) is 0 Å². The van der Waals surface area contributed by atoms with E-state index >= 15 is 0 Å². The zero-order valence-electron chi connectivity index (χ0n) is 12.0. The number of nitrogens with zero attached hydrogens (tertiary/aromatic N) is 3. The summed E-state index contributed by atoms with van der Waals surface area (Å²) in [6, 6.07) is 11.4. The van der Waals surface area contributed by atoms with Gasteiger partial charge in [-0.2, -0.15) is 10.5 Å². The topological polar surface area (TPSA) is 104 Å². The highest BCUT2D eigenvalue weighted by molar-refractivity contribution is 6.31. The van der Waals surface area contributed by atoms with Crippen LogP contribution in [0.15, 0.2) is 29.3 Å². The third kappa shape index (κ3) is 1.25. The second-order valence-corrected chi connectivity index (χ2v) is 5.69. The minimum absolute atomic E-state index is 0.0326. The van der Waals surface area contributed by atoms with Crippen molar-refractivity contribution >= 4 is 17.4 Å². The molecule has 1 saturated carbocycles. The van der Waals surface area contributed by atoms with E-state index in [1.54, 1.807) is 24.3 Å². The van der Waals surface area contributed by atoms with Gasteiger partial charge in [-0.05, 0) is 11.6 Å². The number of benzene rings is 1. The lowest BCUT2D eigenvalue weighted by Crippen LogP contribution is -2.41. The van der Waals surface area contributed by atoms with Crippen LogP contribution in [0.25, 0.3) is 0 Å². The van der Waals surface area contributed by atoms with E-state index in [9.17, 15) is 10.5 Å². The van der Waals surface area contributed by atoms with Gasteiger partial charge in [0, 0.05) is 25.2 Å². The van der Waals surface area contributed by atoms with E-state index < -0.39 is 22.7 Å². The minimum atomic E-state index is -1.62. The van der Waals surface area contributed by atoms with Crippen LogP contribution < -0.4 is 5.73 Å². The molecule has 0 bridgehead atoms. The molecule has 1 aliphatic carbocycles. The van der Waals surface area contributed by atoms with Gasteiger partial charge in [0.1, 0.15) is 11.3 Å². The number of nitrogens with two attached hydrogens (primary N) is 1. The fourth-order valence-electron chi connectivity index (χ4n) is 3.70. The molecule has 0 radical (unpaired) electrons. The lowest BCUT2D eigenvalue weighted by Gasteiger charge is -2.29. The van der Waals surface area contributed by atoms with E-state index in [1.165, 1.54) is 14.2 Å². The van der Waals surface area contributed by atoms with Crippen molar-refractivity contribution in [1.82, 2.24) is 0 Å². The van der Waals surface area contributed by atoms with Gasteiger partial charge in [0.15, 0.2) is 5.41 Å². The van der Waals surface area contributed by atoms with Crippen LogP contribution in [0.1, 0.15) is 11.5 Å². The maximum absolute atomic E-state index is 9.87. The summed E-state index contributed by atoms with van der Waals surface area (Å²) in [5, 5.41) is 20.1. The molecule has 1 aromatic rings. The average Bonchev–Trinajstić information content (AvgIpc) is 3.10. The molecule has 2 aliphatic rings. The molecule has 1 aromatic carbocycles. The molecule has 6 nitrogen and oxygen atoms in total. The van der Waals surface area contributed by atoms with Crippen molar-refractivity contribution in [3.8, 4) is 12.1 Å². The van der Waals surface area contributed by atoms with Crippen molar-refractivity contribution in [3.63, 3.8) is 0 Å². The van der Waals surface area contributed by atoms with Crippen LogP contribution >= 0.6 is 11.6 Å². The number of aliphatic imine (C=N–C) groups is 1. The molecule has 22 heavy (non-hydrogen) atoms. The van der Waals surface area contributed by atoms with Crippen LogP contribution in [-0.2, 0) is 9.47 Å². The summed E-state index contributed by atoms with van der Waals surface area (Å²) >= 11 is 6.25. The largest absolute Gasteiger partial charge is 0.386 e. The van der Waals surface area contributed by atoms with E-state index in [0.29, 0.717) is 10.6 Å². The summed E-state index contributed by atoms with van der Waals surface area (Å²) in [6.07, 6.45) is 0. The fraction of sp³-hybridized carbons (Fsp3) is 0.400. The molecular formula is C15H13ClN4O2. The number of amidine groups is 1. The molecule has 0 aromatic heterocycles. The van der Waals surface area contributed by atoms with Gasteiger partial charge in [-0.25, -0.2) is 4.99 Å². The monoisotopic (exact) mass is 316 g/mol. The molecule has 0 saturated heterocycles. The molecule has 2 N–H and O–H groups in total. The normalized spacial score (nSPS) is 34.2. The Hall–Kier alpha value is -2.12. The molecule has 112 valence electrons. The predicted molar refractivity (Wildman–Crippen MR) is 78.7 cm³/mol. The van der Waals surface area contributed by atoms with E-state index in [2.05, 4.69) is 17.1 Å². The fourth-order valence-corrected chi connectivity index (χ4v) is 3.94. The van der Waals surface area contributed by atoms with Crippen LogP contribution in [0.3, 0.4) is 0 Å². The van der Waals surface area contributed by atoms with E-state index in [4.69, 9.17) is 26.8 Å². The Kier molecular flexibility index (Phi) is 2.99. The molecule has 0 spiro atoms. The van der Waals surface area contributed by atoms with Gasteiger partial charge in [-0.3, -0.25) is 0 Å². The van der Waals surface area contributed by atoms with Crippen LogP contribution in [0.2, 0.25) is 5.02 Å². The first-order chi connectivity index (χ1) is 10.5. The van der Waals surface area contributed by atoms with Gasteiger partial charge in [-0.15, -0.1) is 0 Å². The van der Waals surface area contributed by atoms with Crippen molar-refractivity contribution in [1.29, 1.82) is 10.5 Å². The summed E-state index contributed by atoms with van der Waals surface area (Å²) in [5.41, 5.74) is 3.99. The summed E-state index contributed by atoms with van der Waals surface area (Å²) in [4.78, 5) is 4.14. The molecule has 3 rings (SSSR count). The number of hydrogen-bond donors (Lipinski definition) is 1. The zero-order valence-corrected chi connectivity index (χ0v) is 12.8. The van der Waals surface area contributed by atoms with Gasteiger partial charge in [0.25, 0.3) is 5.91 Å². The number of methoxy groups -OCH3 is 2. The second-order valence-electron chi connectivity index (χ2n) is 5.28. The first kappa shape index (κ1) is 14.8. The molecule has 1 fully saturated rings. The first-order valence-corrected chi connectivity index (χ1v) is 6.92. The SMILES string of the molecule is COC1(OC)N=C(N)[C@@]2(C#N)[C@@H](c3ccccc3Cl)[C@@]12C#N. The predicted octanol–water partition coefficient (Wildman–Crippen LogP) is 1.77. The van der Waals surface area contributed by atoms with Crippen LogP contribution in [0.4, 0.5) is 0 Å². The van der Waals surface area contributed by atoms with Crippen LogP contribution in [0, 0.1) is 33.5 Å². The van der Waals surface area contributed by atoms with Gasteiger partial charge in [0.05, 0.1) is 12.1 Å². The van der Waals surface area contributed by atoms with Crippen molar-refractivity contribution in [2.45, 2.75) is 11.8 Å². The molecule has 0 unspecified atom stereocenters.